The van der Waals surface area contributed by atoms with Gasteiger partial charge in [0, 0.05) is 25.8 Å². The fourth-order valence-corrected chi connectivity index (χ4v) is 4.33. The Bertz CT molecular complexity index is 928. The van der Waals surface area contributed by atoms with Crippen molar-refractivity contribution in [2.24, 2.45) is 0 Å². The van der Waals surface area contributed by atoms with Crippen molar-refractivity contribution in [3.8, 4) is 0 Å². The van der Waals surface area contributed by atoms with Gasteiger partial charge >= 0.3 is 5.97 Å². The Labute approximate surface area is 170 Å². The first-order valence-electron chi connectivity index (χ1n) is 9.40. The Morgan fingerprint density at radius 3 is 2.66 bits per heavy atom. The highest BCUT2D eigenvalue weighted by molar-refractivity contribution is 7.89. The molecular formula is C19H24N4O5S. The van der Waals surface area contributed by atoms with Crippen molar-refractivity contribution in [3.63, 3.8) is 0 Å². The minimum absolute atomic E-state index is 0.271. The fourth-order valence-electron chi connectivity index (χ4n) is 2.92. The lowest BCUT2D eigenvalue weighted by Gasteiger charge is -2.26. The lowest BCUT2D eigenvalue weighted by molar-refractivity contribution is 0.0526. The van der Waals surface area contributed by atoms with E-state index in [0.717, 1.165) is 5.56 Å². The van der Waals surface area contributed by atoms with Crippen LogP contribution >= 0.6 is 0 Å². The molecule has 1 aromatic carbocycles. The number of aromatic nitrogens is 2. The first-order chi connectivity index (χ1) is 14.0. The number of rotatable bonds is 8. The molecule has 3 rings (SSSR count). The molecule has 2 heterocycles. The summed E-state index contributed by atoms with van der Waals surface area (Å²) in [4.78, 5) is 20.2. The summed E-state index contributed by atoms with van der Waals surface area (Å²) in [5.74, 6) is -0.0711. The van der Waals surface area contributed by atoms with Gasteiger partial charge in [0.25, 0.3) is 0 Å². The van der Waals surface area contributed by atoms with Gasteiger partial charge in [-0.25, -0.2) is 23.2 Å². The molecule has 1 aliphatic rings. The second-order valence-electron chi connectivity index (χ2n) is 6.34. The number of sulfonamides is 1. The van der Waals surface area contributed by atoms with Crippen LogP contribution in [0.5, 0.6) is 0 Å². The van der Waals surface area contributed by atoms with Gasteiger partial charge in [-0.2, -0.15) is 4.31 Å². The highest BCUT2D eigenvalue weighted by Gasteiger charge is 2.26. The van der Waals surface area contributed by atoms with Crippen LogP contribution < -0.4 is 5.32 Å². The third-order valence-corrected chi connectivity index (χ3v) is 6.36. The van der Waals surface area contributed by atoms with E-state index < -0.39 is 16.0 Å². The standard InChI is InChI=1S/C19H24N4O5S/c1-2-28-19(24)17-13-20-14-22-18(17)21-8-7-15-3-5-16(6-4-15)29(25,26)23-9-11-27-12-10-23/h3-6,13-14H,2,7-12H2,1H3,(H,20,21,22). The Morgan fingerprint density at radius 2 is 1.97 bits per heavy atom. The number of ether oxygens (including phenoxy) is 2. The SMILES string of the molecule is CCOC(=O)c1cncnc1NCCc1ccc(S(=O)(=O)N2CCOCC2)cc1. The Morgan fingerprint density at radius 1 is 1.24 bits per heavy atom. The van der Waals surface area contributed by atoms with E-state index in [1.807, 2.05) is 0 Å². The van der Waals surface area contributed by atoms with Gasteiger partial charge in [-0.05, 0) is 31.0 Å². The Kier molecular flexibility index (Phi) is 7.13. The molecule has 1 aliphatic heterocycles. The van der Waals surface area contributed by atoms with E-state index in [1.165, 1.54) is 16.8 Å². The maximum Gasteiger partial charge on any atom is 0.343 e. The summed E-state index contributed by atoms with van der Waals surface area (Å²) in [5, 5.41) is 3.11. The first kappa shape index (κ1) is 21.2. The van der Waals surface area contributed by atoms with Crippen molar-refractivity contribution in [2.75, 3.05) is 44.8 Å². The van der Waals surface area contributed by atoms with E-state index in [4.69, 9.17) is 9.47 Å². The summed E-state index contributed by atoms with van der Waals surface area (Å²) < 4.78 is 37.0. The summed E-state index contributed by atoms with van der Waals surface area (Å²) in [6.07, 6.45) is 3.40. The van der Waals surface area contributed by atoms with Crippen LogP contribution in [0.2, 0.25) is 0 Å². The van der Waals surface area contributed by atoms with Crippen molar-refractivity contribution in [1.29, 1.82) is 0 Å². The molecule has 0 bridgehead atoms. The summed E-state index contributed by atoms with van der Waals surface area (Å²) in [6.45, 7) is 4.09. The van der Waals surface area contributed by atoms with Gasteiger partial charge in [0.2, 0.25) is 10.0 Å². The van der Waals surface area contributed by atoms with E-state index in [0.29, 0.717) is 45.1 Å². The summed E-state index contributed by atoms with van der Waals surface area (Å²) in [6, 6.07) is 6.83. The van der Waals surface area contributed by atoms with Crippen LogP contribution in [-0.2, 0) is 25.9 Å². The van der Waals surface area contributed by atoms with Crippen LogP contribution in [0.4, 0.5) is 5.82 Å². The molecule has 0 atom stereocenters. The highest BCUT2D eigenvalue weighted by atomic mass is 32.2. The Hall–Kier alpha value is -2.56. The summed E-state index contributed by atoms with van der Waals surface area (Å²) >= 11 is 0. The maximum absolute atomic E-state index is 12.7. The highest BCUT2D eigenvalue weighted by Crippen LogP contribution is 2.18. The van der Waals surface area contributed by atoms with E-state index in [9.17, 15) is 13.2 Å². The number of nitrogens with one attached hydrogen (secondary N) is 1. The first-order valence-corrected chi connectivity index (χ1v) is 10.8. The van der Waals surface area contributed by atoms with Crippen molar-refractivity contribution < 1.29 is 22.7 Å². The zero-order valence-electron chi connectivity index (χ0n) is 16.2. The second kappa shape index (κ2) is 9.77. The molecule has 0 amide bonds. The monoisotopic (exact) mass is 420 g/mol. The molecule has 1 saturated heterocycles. The average molecular weight is 420 g/mol. The zero-order valence-corrected chi connectivity index (χ0v) is 17.0. The van der Waals surface area contributed by atoms with Crippen molar-refractivity contribution >= 4 is 21.8 Å². The maximum atomic E-state index is 12.7. The molecule has 0 spiro atoms. The molecule has 2 aromatic rings. The topological polar surface area (TPSA) is 111 Å². The van der Waals surface area contributed by atoms with E-state index in [-0.39, 0.29) is 17.1 Å². The van der Waals surface area contributed by atoms with Gasteiger partial charge in [0.1, 0.15) is 17.7 Å². The summed E-state index contributed by atoms with van der Waals surface area (Å²) in [5.41, 5.74) is 1.24. The average Bonchev–Trinajstić information content (AvgIpc) is 2.75. The third kappa shape index (κ3) is 5.28. The van der Waals surface area contributed by atoms with E-state index >= 15 is 0 Å². The molecule has 29 heavy (non-hydrogen) atoms. The molecule has 156 valence electrons. The zero-order chi connectivity index (χ0) is 20.7. The molecule has 1 N–H and O–H groups in total. The molecule has 9 nitrogen and oxygen atoms in total. The van der Waals surface area contributed by atoms with Gasteiger partial charge in [0.15, 0.2) is 0 Å². The molecule has 0 unspecified atom stereocenters. The second-order valence-corrected chi connectivity index (χ2v) is 8.28. The van der Waals surface area contributed by atoms with Crippen molar-refractivity contribution in [1.82, 2.24) is 14.3 Å². The van der Waals surface area contributed by atoms with Crippen LogP contribution in [0.3, 0.4) is 0 Å². The molecular weight excluding hydrogens is 396 g/mol. The van der Waals surface area contributed by atoms with Crippen molar-refractivity contribution in [2.45, 2.75) is 18.2 Å². The lowest BCUT2D eigenvalue weighted by Crippen LogP contribution is -2.40. The summed E-state index contributed by atoms with van der Waals surface area (Å²) in [7, 11) is -3.49. The number of benzene rings is 1. The number of carbonyl (C=O) groups excluding carboxylic acids is 1. The normalized spacial score (nSPS) is 15.1. The predicted molar refractivity (Wildman–Crippen MR) is 106 cm³/mol. The number of anilines is 1. The van der Waals surface area contributed by atoms with E-state index in [2.05, 4.69) is 15.3 Å². The number of carbonyl (C=O) groups is 1. The van der Waals surface area contributed by atoms with Gasteiger partial charge in [-0.1, -0.05) is 12.1 Å². The number of esters is 1. The van der Waals surface area contributed by atoms with Crippen molar-refractivity contribution in [3.05, 3.63) is 47.9 Å². The van der Waals surface area contributed by atoms with Gasteiger partial charge in [0.05, 0.1) is 24.7 Å². The van der Waals surface area contributed by atoms with Crippen LogP contribution in [0.15, 0.2) is 41.7 Å². The van der Waals surface area contributed by atoms with Gasteiger partial charge in [-0.15, -0.1) is 0 Å². The number of nitrogens with zero attached hydrogens (tertiary/aromatic N) is 3. The Balaban J connectivity index is 1.59. The predicted octanol–water partition coefficient (Wildman–Crippen LogP) is 1.33. The van der Waals surface area contributed by atoms with Crippen LogP contribution in [-0.4, -0.2) is 68.1 Å². The molecule has 0 radical (unpaired) electrons. The largest absolute Gasteiger partial charge is 0.462 e. The van der Waals surface area contributed by atoms with Crippen LogP contribution in [0.25, 0.3) is 0 Å². The van der Waals surface area contributed by atoms with Gasteiger partial charge < -0.3 is 14.8 Å². The minimum Gasteiger partial charge on any atom is -0.462 e. The van der Waals surface area contributed by atoms with Crippen LogP contribution in [0.1, 0.15) is 22.8 Å². The fraction of sp³-hybridized carbons (Fsp3) is 0.421. The molecule has 1 fully saturated rings. The molecule has 0 saturated carbocycles. The number of morpholine rings is 1. The quantitative estimate of drug-likeness (QED) is 0.637. The molecule has 10 heteroatoms. The number of hydrogen-bond donors (Lipinski definition) is 1. The van der Waals surface area contributed by atoms with E-state index in [1.54, 1.807) is 31.2 Å². The molecule has 0 aliphatic carbocycles. The smallest absolute Gasteiger partial charge is 0.343 e. The molecule has 1 aromatic heterocycles. The third-order valence-electron chi connectivity index (χ3n) is 4.44. The lowest BCUT2D eigenvalue weighted by atomic mass is 10.1. The minimum atomic E-state index is -3.49. The number of hydrogen-bond acceptors (Lipinski definition) is 8. The van der Waals surface area contributed by atoms with Gasteiger partial charge in [-0.3, -0.25) is 0 Å². The van der Waals surface area contributed by atoms with Crippen LogP contribution in [0, 0.1) is 0 Å².